The lowest BCUT2D eigenvalue weighted by Gasteiger charge is -2.25. The lowest BCUT2D eigenvalue weighted by atomic mass is 9.90. The van der Waals surface area contributed by atoms with Crippen LogP contribution >= 0.6 is 0 Å². The van der Waals surface area contributed by atoms with Crippen LogP contribution < -0.4 is 16.2 Å². The van der Waals surface area contributed by atoms with Crippen LogP contribution in [-0.2, 0) is 11.3 Å². The van der Waals surface area contributed by atoms with Crippen molar-refractivity contribution in [3.63, 3.8) is 0 Å². The van der Waals surface area contributed by atoms with Crippen LogP contribution in [-0.4, -0.2) is 40.4 Å². The van der Waals surface area contributed by atoms with Gasteiger partial charge in [0.25, 0.3) is 5.91 Å². The smallest absolute Gasteiger partial charge is 0.256 e. The minimum Gasteiger partial charge on any atom is -0.381 e. The molecule has 4 heterocycles. The Bertz CT molecular complexity index is 1280. The predicted octanol–water partition coefficient (Wildman–Crippen LogP) is 4.26. The second-order valence-corrected chi connectivity index (χ2v) is 8.91. The molecule has 0 unspecified atom stereocenters. The van der Waals surface area contributed by atoms with Gasteiger partial charge in [0.1, 0.15) is 0 Å². The lowest BCUT2D eigenvalue weighted by Crippen LogP contribution is -2.23. The molecule has 0 saturated carbocycles. The van der Waals surface area contributed by atoms with E-state index in [9.17, 15) is 9.59 Å². The first kappa shape index (κ1) is 22.1. The van der Waals surface area contributed by atoms with Crippen molar-refractivity contribution in [3.8, 4) is 11.1 Å². The number of carbonyl (C=O) groups is 1. The van der Waals surface area contributed by atoms with Gasteiger partial charge in [-0.15, -0.1) is 0 Å². The van der Waals surface area contributed by atoms with Crippen LogP contribution in [0.25, 0.3) is 16.7 Å². The van der Waals surface area contributed by atoms with Crippen molar-refractivity contribution in [2.24, 2.45) is 0 Å². The number of pyridine rings is 2. The van der Waals surface area contributed by atoms with Gasteiger partial charge >= 0.3 is 0 Å². The maximum absolute atomic E-state index is 13.4. The maximum atomic E-state index is 13.4. The van der Waals surface area contributed by atoms with Gasteiger partial charge in [-0.3, -0.25) is 19.5 Å². The molecule has 1 saturated heterocycles. The number of likely N-dealkylation sites (tertiary alicyclic amines) is 1. The quantitative estimate of drug-likeness (QED) is 0.517. The fraction of sp³-hybridized carbons (Fsp3) is 0.296. The summed E-state index contributed by atoms with van der Waals surface area (Å²) >= 11 is 0. The second kappa shape index (κ2) is 9.65. The van der Waals surface area contributed by atoms with Crippen molar-refractivity contribution in [1.82, 2.24) is 14.9 Å². The van der Waals surface area contributed by atoms with Crippen LogP contribution in [0.1, 0.15) is 37.3 Å². The van der Waals surface area contributed by atoms with Gasteiger partial charge in [0.15, 0.2) is 0 Å². The Morgan fingerprint density at radius 1 is 1.09 bits per heavy atom. The molecule has 0 radical (unpaired) electrons. The average Bonchev–Trinajstić information content (AvgIpc) is 3.37. The Morgan fingerprint density at radius 3 is 2.71 bits per heavy atom. The predicted molar refractivity (Wildman–Crippen MR) is 136 cm³/mol. The molecule has 0 spiro atoms. The summed E-state index contributed by atoms with van der Waals surface area (Å²) in [4.78, 5) is 34.3. The second-order valence-electron chi connectivity index (χ2n) is 8.91. The molecular weight excluding hydrogens is 426 g/mol. The van der Waals surface area contributed by atoms with Gasteiger partial charge < -0.3 is 15.6 Å². The highest BCUT2D eigenvalue weighted by molar-refractivity contribution is 6.28. The first-order chi connectivity index (χ1) is 16.6. The highest BCUT2D eigenvalue weighted by atomic mass is 16.1. The lowest BCUT2D eigenvalue weighted by molar-refractivity contribution is -0.111. The van der Waals surface area contributed by atoms with Crippen molar-refractivity contribution in [2.45, 2.75) is 32.7 Å². The Morgan fingerprint density at radius 2 is 1.94 bits per heavy atom. The van der Waals surface area contributed by atoms with Gasteiger partial charge in [0.2, 0.25) is 5.56 Å². The standard InChI is InChI=1S/C27H29N5O2/c1-2-19-15-29-24-7-5-20(21-11-18(13-28-14-21)17-32-9-3-4-10-32)12-23(24)26(19)27(34)31-22-6-8-25(33)30-16-22/h5-8,11-14,16,29H,2-4,9-10,15,17H2,1H3,(H,30,33)(H,31,34). The van der Waals surface area contributed by atoms with Crippen LogP contribution in [0.4, 0.5) is 11.4 Å². The molecular formula is C27H29N5O2. The van der Waals surface area contributed by atoms with E-state index in [0.717, 1.165) is 54.0 Å². The first-order valence-electron chi connectivity index (χ1n) is 11.9. The van der Waals surface area contributed by atoms with Crippen LogP contribution in [0.3, 0.4) is 0 Å². The third kappa shape index (κ3) is 4.65. The largest absolute Gasteiger partial charge is 0.381 e. The Hall–Kier alpha value is -3.71. The molecule has 2 aromatic heterocycles. The number of anilines is 2. The molecule has 1 aromatic carbocycles. The zero-order valence-corrected chi connectivity index (χ0v) is 19.4. The number of fused-ring (bicyclic) bond motifs is 1. The number of hydrogen-bond acceptors (Lipinski definition) is 5. The number of aromatic amines is 1. The van der Waals surface area contributed by atoms with E-state index in [2.05, 4.69) is 50.6 Å². The highest BCUT2D eigenvalue weighted by Crippen LogP contribution is 2.36. The van der Waals surface area contributed by atoms with Crippen LogP contribution in [0, 0.1) is 0 Å². The molecule has 3 N–H and O–H groups in total. The molecule has 2 aliphatic heterocycles. The molecule has 1 fully saturated rings. The first-order valence-corrected chi connectivity index (χ1v) is 11.9. The Balaban J connectivity index is 1.47. The molecule has 0 atom stereocenters. The van der Waals surface area contributed by atoms with Gasteiger partial charge in [-0.25, -0.2) is 0 Å². The summed E-state index contributed by atoms with van der Waals surface area (Å²) in [5, 5.41) is 6.39. The van der Waals surface area contributed by atoms with Gasteiger partial charge in [0.05, 0.1) is 5.69 Å². The van der Waals surface area contributed by atoms with E-state index in [1.54, 1.807) is 6.07 Å². The number of aromatic nitrogens is 2. The number of rotatable bonds is 6. The number of benzene rings is 1. The SMILES string of the molecule is CCC1=C(C(=O)Nc2ccc(=O)[nH]c2)c2cc(-c3cncc(CN4CCCC4)c3)ccc2NC1. The van der Waals surface area contributed by atoms with Crippen LogP contribution in [0.15, 0.2) is 65.4 Å². The molecule has 7 nitrogen and oxygen atoms in total. The van der Waals surface area contributed by atoms with Crippen molar-refractivity contribution >= 4 is 22.9 Å². The van der Waals surface area contributed by atoms with E-state index in [1.807, 2.05) is 18.5 Å². The molecule has 0 bridgehead atoms. The van der Waals surface area contributed by atoms with Gasteiger partial charge in [-0.05, 0) is 73.3 Å². The highest BCUT2D eigenvalue weighted by Gasteiger charge is 2.24. The van der Waals surface area contributed by atoms with E-state index >= 15 is 0 Å². The Labute approximate surface area is 198 Å². The number of amides is 1. The van der Waals surface area contributed by atoms with E-state index in [0.29, 0.717) is 17.8 Å². The summed E-state index contributed by atoms with van der Waals surface area (Å²) in [5.74, 6) is -0.176. The third-order valence-electron chi connectivity index (χ3n) is 6.56. The zero-order valence-electron chi connectivity index (χ0n) is 19.4. The summed E-state index contributed by atoms with van der Waals surface area (Å²) in [6.07, 6.45) is 8.64. The van der Waals surface area contributed by atoms with Gasteiger partial charge in [-0.1, -0.05) is 13.0 Å². The van der Waals surface area contributed by atoms with E-state index in [-0.39, 0.29) is 11.5 Å². The van der Waals surface area contributed by atoms with Crippen molar-refractivity contribution in [1.29, 1.82) is 0 Å². The number of nitrogens with one attached hydrogen (secondary N) is 3. The minimum atomic E-state index is -0.205. The van der Waals surface area contributed by atoms with Crippen molar-refractivity contribution in [3.05, 3.63) is 82.0 Å². The number of H-pyrrole nitrogens is 1. The molecule has 2 aliphatic rings. The number of nitrogens with zero attached hydrogens (tertiary/aromatic N) is 2. The summed E-state index contributed by atoms with van der Waals surface area (Å²) in [6.45, 7) is 5.90. The topological polar surface area (TPSA) is 90.1 Å². The maximum Gasteiger partial charge on any atom is 0.256 e. The van der Waals surface area contributed by atoms with E-state index < -0.39 is 0 Å². The third-order valence-corrected chi connectivity index (χ3v) is 6.56. The van der Waals surface area contributed by atoms with Crippen LogP contribution in [0.5, 0.6) is 0 Å². The van der Waals surface area contributed by atoms with Crippen molar-refractivity contribution in [2.75, 3.05) is 30.3 Å². The fourth-order valence-electron chi connectivity index (χ4n) is 4.76. The van der Waals surface area contributed by atoms with E-state index in [1.165, 1.54) is 30.7 Å². The summed E-state index contributed by atoms with van der Waals surface area (Å²) < 4.78 is 0. The average molecular weight is 456 g/mol. The molecule has 5 rings (SSSR count). The normalized spacial score (nSPS) is 15.7. The molecule has 3 aromatic rings. The van der Waals surface area contributed by atoms with Crippen molar-refractivity contribution < 1.29 is 4.79 Å². The summed E-state index contributed by atoms with van der Waals surface area (Å²) in [7, 11) is 0. The summed E-state index contributed by atoms with van der Waals surface area (Å²) in [5.41, 5.74) is 7.19. The zero-order chi connectivity index (χ0) is 23.5. The number of carbonyl (C=O) groups excluding carboxylic acids is 1. The minimum absolute atomic E-state index is 0.176. The van der Waals surface area contributed by atoms with E-state index in [4.69, 9.17) is 0 Å². The molecule has 1 amide bonds. The molecule has 174 valence electrons. The molecule has 34 heavy (non-hydrogen) atoms. The molecule has 0 aliphatic carbocycles. The van der Waals surface area contributed by atoms with Crippen LogP contribution in [0.2, 0.25) is 0 Å². The monoisotopic (exact) mass is 455 g/mol. The fourth-order valence-corrected chi connectivity index (χ4v) is 4.76. The van der Waals surface area contributed by atoms with Gasteiger partial charge in [-0.2, -0.15) is 0 Å². The molecule has 7 heteroatoms. The summed E-state index contributed by atoms with van der Waals surface area (Å²) in [6, 6.07) is 11.4. The Kier molecular flexibility index (Phi) is 6.27. The van der Waals surface area contributed by atoms with Gasteiger partial charge in [0, 0.05) is 60.1 Å². The number of hydrogen-bond donors (Lipinski definition) is 3.